The summed E-state index contributed by atoms with van der Waals surface area (Å²) in [6.45, 7) is 1.31. The molecular weight excluding hydrogens is 390 g/mol. The molecule has 0 spiro atoms. The Morgan fingerprint density at radius 1 is 1.17 bits per heavy atom. The molecule has 0 saturated heterocycles. The zero-order valence-electron chi connectivity index (χ0n) is 15.1. The summed E-state index contributed by atoms with van der Waals surface area (Å²) in [7, 11) is 1.48. The number of hydrogen-bond acceptors (Lipinski definition) is 8. The van der Waals surface area contributed by atoms with Crippen molar-refractivity contribution in [2.45, 2.75) is 13.5 Å². The number of hydrogen-bond donors (Lipinski definition) is 3. The summed E-state index contributed by atoms with van der Waals surface area (Å²) >= 11 is 0. The molecule has 1 aromatic carbocycles. The predicted molar refractivity (Wildman–Crippen MR) is 95.6 cm³/mol. The smallest absolute Gasteiger partial charge is 0.336 e. The lowest BCUT2D eigenvalue weighted by atomic mass is 10.1. The van der Waals surface area contributed by atoms with E-state index in [1.807, 2.05) is 0 Å². The SMILES string of the molecule is Cc1c(N)ncc2c1N(c1nnn(C)n1)C(=O)N(c1c(F)c(O)cc(O)c1F)C2. The highest BCUT2D eigenvalue weighted by molar-refractivity contribution is 6.10. The second-order valence-corrected chi connectivity index (χ2v) is 6.32. The van der Waals surface area contributed by atoms with Crippen LogP contribution in [0, 0.1) is 18.6 Å². The van der Waals surface area contributed by atoms with Crippen LogP contribution in [0.2, 0.25) is 0 Å². The first-order valence-corrected chi connectivity index (χ1v) is 8.20. The first-order chi connectivity index (χ1) is 13.7. The van der Waals surface area contributed by atoms with E-state index in [0.717, 1.165) is 9.70 Å². The van der Waals surface area contributed by atoms with E-state index in [1.165, 1.54) is 13.2 Å². The van der Waals surface area contributed by atoms with Crippen LogP contribution in [-0.4, -0.2) is 41.4 Å². The van der Waals surface area contributed by atoms with E-state index in [-0.39, 0.29) is 18.3 Å². The predicted octanol–water partition coefficient (Wildman–Crippen LogP) is 1.46. The maximum absolute atomic E-state index is 14.6. The van der Waals surface area contributed by atoms with Gasteiger partial charge in [0.1, 0.15) is 11.5 Å². The Hall–Kier alpha value is -4.03. The van der Waals surface area contributed by atoms with Crippen LogP contribution in [0.5, 0.6) is 11.5 Å². The number of halogens is 2. The number of phenols is 2. The molecule has 2 aromatic heterocycles. The summed E-state index contributed by atoms with van der Waals surface area (Å²) in [5, 5.41) is 30.8. The summed E-state index contributed by atoms with van der Waals surface area (Å²) in [5.41, 5.74) is 6.04. The van der Waals surface area contributed by atoms with E-state index < -0.39 is 34.9 Å². The van der Waals surface area contributed by atoms with Gasteiger partial charge in [-0.2, -0.15) is 4.80 Å². The Morgan fingerprint density at radius 2 is 1.83 bits per heavy atom. The van der Waals surface area contributed by atoms with Crippen LogP contribution >= 0.6 is 0 Å². The third kappa shape index (κ3) is 2.66. The molecule has 0 saturated carbocycles. The van der Waals surface area contributed by atoms with Gasteiger partial charge in [0.2, 0.25) is 0 Å². The molecule has 3 heterocycles. The fraction of sp³-hybridized carbons (Fsp3) is 0.188. The Kier molecular flexibility index (Phi) is 3.95. The minimum Gasteiger partial charge on any atom is -0.505 e. The average Bonchev–Trinajstić information content (AvgIpc) is 3.10. The normalized spacial score (nSPS) is 13.7. The summed E-state index contributed by atoms with van der Waals surface area (Å²) in [5.74, 6) is -4.89. The molecule has 11 nitrogen and oxygen atoms in total. The number of aromatic hydroxyl groups is 2. The third-order valence-corrected chi connectivity index (χ3v) is 4.48. The lowest BCUT2D eigenvalue weighted by Crippen LogP contribution is -2.46. The summed E-state index contributed by atoms with van der Waals surface area (Å²) in [6.07, 6.45) is 1.35. The van der Waals surface area contributed by atoms with E-state index in [9.17, 15) is 23.8 Å². The highest BCUT2D eigenvalue weighted by Gasteiger charge is 2.39. The number of nitrogen functional groups attached to an aromatic ring is 1. The number of carbonyl (C=O) groups excluding carboxylic acids is 1. The largest absolute Gasteiger partial charge is 0.505 e. The molecule has 29 heavy (non-hydrogen) atoms. The molecule has 150 valence electrons. The number of nitrogens with zero attached hydrogens (tertiary/aromatic N) is 7. The summed E-state index contributed by atoms with van der Waals surface area (Å²) in [6, 6.07) is -0.438. The minimum absolute atomic E-state index is 0.145. The lowest BCUT2D eigenvalue weighted by Gasteiger charge is -2.36. The second kappa shape index (κ2) is 6.25. The third-order valence-electron chi connectivity index (χ3n) is 4.48. The molecular formula is C16H14F2N8O3. The van der Waals surface area contributed by atoms with Gasteiger partial charge in [-0.05, 0) is 12.1 Å². The number of tetrazole rings is 1. The lowest BCUT2D eigenvalue weighted by molar-refractivity contribution is 0.251. The fourth-order valence-electron chi connectivity index (χ4n) is 3.10. The molecule has 0 unspecified atom stereocenters. The highest BCUT2D eigenvalue weighted by Crippen LogP contribution is 2.42. The van der Waals surface area contributed by atoms with Gasteiger partial charge in [0.25, 0.3) is 5.95 Å². The number of aryl methyl sites for hydroxylation is 1. The van der Waals surface area contributed by atoms with Crippen LogP contribution < -0.4 is 15.5 Å². The van der Waals surface area contributed by atoms with E-state index in [2.05, 4.69) is 20.4 Å². The van der Waals surface area contributed by atoms with Crippen molar-refractivity contribution in [3.8, 4) is 11.5 Å². The van der Waals surface area contributed by atoms with Crippen molar-refractivity contribution < 1.29 is 23.8 Å². The van der Waals surface area contributed by atoms with Gasteiger partial charge in [-0.1, -0.05) is 5.10 Å². The van der Waals surface area contributed by atoms with Gasteiger partial charge in [0.15, 0.2) is 23.1 Å². The number of carbonyl (C=O) groups is 1. The molecule has 1 aliphatic rings. The van der Waals surface area contributed by atoms with Gasteiger partial charge in [0, 0.05) is 23.4 Å². The van der Waals surface area contributed by atoms with Gasteiger partial charge in [0.05, 0.1) is 19.3 Å². The van der Waals surface area contributed by atoms with Gasteiger partial charge >= 0.3 is 6.03 Å². The molecule has 0 radical (unpaired) electrons. The number of urea groups is 1. The monoisotopic (exact) mass is 404 g/mol. The zero-order valence-corrected chi connectivity index (χ0v) is 15.1. The van der Waals surface area contributed by atoms with Crippen molar-refractivity contribution in [3.05, 3.63) is 35.0 Å². The quantitative estimate of drug-likeness (QED) is 0.582. The second-order valence-electron chi connectivity index (χ2n) is 6.32. The molecule has 1 aliphatic heterocycles. The van der Waals surface area contributed by atoms with Crippen LogP contribution in [0.25, 0.3) is 0 Å². The summed E-state index contributed by atoms with van der Waals surface area (Å²) in [4.78, 5) is 20.1. The first kappa shape index (κ1) is 18.3. The van der Waals surface area contributed by atoms with Crippen molar-refractivity contribution in [3.63, 3.8) is 0 Å². The van der Waals surface area contributed by atoms with Crippen LogP contribution in [0.15, 0.2) is 12.3 Å². The fourth-order valence-corrected chi connectivity index (χ4v) is 3.10. The molecule has 3 aromatic rings. The van der Waals surface area contributed by atoms with E-state index >= 15 is 0 Å². The Labute approximate surface area is 161 Å². The number of rotatable bonds is 2. The number of aromatic nitrogens is 5. The number of pyridine rings is 1. The van der Waals surface area contributed by atoms with E-state index in [1.54, 1.807) is 6.92 Å². The molecule has 4 rings (SSSR count). The van der Waals surface area contributed by atoms with Crippen molar-refractivity contribution in [1.82, 2.24) is 25.2 Å². The average molecular weight is 404 g/mol. The van der Waals surface area contributed by atoms with Gasteiger partial charge in [-0.25, -0.2) is 23.5 Å². The van der Waals surface area contributed by atoms with Crippen molar-refractivity contribution >= 4 is 29.2 Å². The Bertz CT molecular complexity index is 1140. The highest BCUT2D eigenvalue weighted by atomic mass is 19.1. The van der Waals surface area contributed by atoms with Crippen molar-refractivity contribution in [2.75, 3.05) is 15.5 Å². The van der Waals surface area contributed by atoms with Crippen LogP contribution in [0.4, 0.5) is 36.7 Å². The maximum Gasteiger partial charge on any atom is 0.336 e. The number of anilines is 4. The molecule has 0 bridgehead atoms. The van der Waals surface area contributed by atoms with Crippen LogP contribution in [-0.2, 0) is 13.6 Å². The first-order valence-electron chi connectivity index (χ1n) is 8.20. The molecule has 13 heteroatoms. The minimum atomic E-state index is -1.41. The van der Waals surface area contributed by atoms with Crippen LogP contribution in [0.1, 0.15) is 11.1 Å². The van der Waals surface area contributed by atoms with Gasteiger partial charge in [-0.3, -0.25) is 4.90 Å². The summed E-state index contributed by atoms with van der Waals surface area (Å²) < 4.78 is 29.1. The number of benzene rings is 1. The number of phenolic OH excluding ortho intramolecular Hbond substituents is 2. The zero-order chi connectivity index (χ0) is 21.0. The van der Waals surface area contributed by atoms with E-state index in [4.69, 9.17) is 5.73 Å². The van der Waals surface area contributed by atoms with E-state index in [0.29, 0.717) is 27.8 Å². The van der Waals surface area contributed by atoms with Gasteiger partial charge < -0.3 is 15.9 Å². The number of amides is 2. The van der Waals surface area contributed by atoms with Crippen LogP contribution in [0.3, 0.4) is 0 Å². The number of nitrogens with two attached hydrogens (primary N) is 1. The molecule has 4 N–H and O–H groups in total. The molecule has 2 amide bonds. The van der Waals surface area contributed by atoms with Gasteiger partial charge in [-0.15, -0.1) is 5.10 Å². The topological polar surface area (TPSA) is 147 Å². The molecule has 0 aliphatic carbocycles. The Balaban J connectivity index is 1.97. The molecule has 0 fully saturated rings. The number of fused-ring (bicyclic) bond motifs is 1. The van der Waals surface area contributed by atoms with Crippen molar-refractivity contribution in [1.29, 1.82) is 0 Å². The maximum atomic E-state index is 14.6. The standard InChI is InChI=1S/C16H14F2N8O3/c1-6-12-7(4-20-14(6)19)5-25(13-10(17)8(27)3-9(28)11(13)18)16(29)26(12)15-21-23-24(2)22-15/h3-4,27-28H,5H2,1-2H3,(H2,19,20). The molecule has 0 atom stereocenters. The Morgan fingerprint density at radius 3 is 2.41 bits per heavy atom. The van der Waals surface area contributed by atoms with Crippen molar-refractivity contribution in [2.24, 2.45) is 7.05 Å².